The van der Waals surface area contributed by atoms with Crippen LogP contribution in [0.25, 0.3) is 0 Å². The van der Waals surface area contributed by atoms with Gasteiger partial charge < -0.3 is 9.47 Å². The van der Waals surface area contributed by atoms with Crippen LogP contribution in [0.1, 0.15) is 10.4 Å². The highest BCUT2D eigenvalue weighted by Gasteiger charge is 2.21. The summed E-state index contributed by atoms with van der Waals surface area (Å²) < 4.78 is 3.08. The third-order valence-corrected chi connectivity index (χ3v) is 4.51. The van der Waals surface area contributed by atoms with Crippen LogP contribution in [0.15, 0.2) is 47.5 Å². The first-order valence-electron chi connectivity index (χ1n) is 7.45. The summed E-state index contributed by atoms with van der Waals surface area (Å²) >= 11 is 3.39. The molecular weight excluding hydrogens is 344 g/mol. The van der Waals surface area contributed by atoms with Gasteiger partial charge in [-0.3, -0.25) is 9.69 Å². The van der Waals surface area contributed by atoms with Gasteiger partial charge in [0.05, 0.1) is 6.33 Å². The van der Waals surface area contributed by atoms with Crippen LogP contribution in [0.2, 0.25) is 0 Å². The molecule has 0 bridgehead atoms. The normalized spacial score (nSPS) is 16.0. The molecule has 0 unspecified atom stereocenters. The molecule has 0 radical (unpaired) electrons. The van der Waals surface area contributed by atoms with Crippen molar-refractivity contribution in [2.24, 2.45) is 0 Å². The second kappa shape index (κ2) is 7.07. The predicted octanol–water partition coefficient (Wildman–Crippen LogP) is 2.10. The van der Waals surface area contributed by atoms with Crippen molar-refractivity contribution in [2.45, 2.75) is 6.54 Å². The lowest BCUT2D eigenvalue weighted by Crippen LogP contribution is -2.49. The van der Waals surface area contributed by atoms with Crippen molar-refractivity contribution >= 4 is 21.8 Å². The number of benzene rings is 1. The first-order valence-corrected chi connectivity index (χ1v) is 8.24. The highest BCUT2D eigenvalue weighted by atomic mass is 79.9. The van der Waals surface area contributed by atoms with Crippen LogP contribution in [-0.4, -0.2) is 58.0 Å². The Bertz CT molecular complexity index is 604. The highest BCUT2D eigenvalue weighted by molar-refractivity contribution is 9.10. The van der Waals surface area contributed by atoms with E-state index in [1.807, 2.05) is 41.7 Å². The van der Waals surface area contributed by atoms with Gasteiger partial charge in [-0.15, -0.1) is 0 Å². The van der Waals surface area contributed by atoms with Crippen LogP contribution in [0, 0.1) is 0 Å². The van der Waals surface area contributed by atoms with E-state index >= 15 is 0 Å². The van der Waals surface area contributed by atoms with Crippen molar-refractivity contribution in [3.63, 3.8) is 0 Å². The summed E-state index contributed by atoms with van der Waals surface area (Å²) in [6.45, 7) is 5.38. The molecule has 1 aliphatic rings. The molecule has 3 rings (SSSR count). The van der Waals surface area contributed by atoms with Gasteiger partial charge in [0.1, 0.15) is 0 Å². The Hall–Kier alpha value is -1.66. The molecule has 116 valence electrons. The number of amides is 1. The molecule has 1 aromatic heterocycles. The zero-order chi connectivity index (χ0) is 15.4. The first kappa shape index (κ1) is 15.2. The van der Waals surface area contributed by atoms with Crippen molar-refractivity contribution in [3.8, 4) is 0 Å². The maximum absolute atomic E-state index is 12.4. The minimum absolute atomic E-state index is 0.127. The van der Waals surface area contributed by atoms with Gasteiger partial charge in [0.2, 0.25) is 0 Å². The van der Waals surface area contributed by atoms with E-state index < -0.39 is 0 Å². The van der Waals surface area contributed by atoms with E-state index in [9.17, 15) is 4.79 Å². The minimum atomic E-state index is 0.127. The fourth-order valence-electron chi connectivity index (χ4n) is 2.63. The Balaban J connectivity index is 1.48. The number of rotatable bonds is 4. The minimum Gasteiger partial charge on any atom is -0.336 e. The maximum atomic E-state index is 12.4. The Labute approximate surface area is 138 Å². The summed E-state index contributed by atoms with van der Waals surface area (Å²) in [6, 6.07) is 7.57. The lowest BCUT2D eigenvalue weighted by atomic mass is 10.2. The van der Waals surface area contributed by atoms with Gasteiger partial charge >= 0.3 is 0 Å². The topological polar surface area (TPSA) is 41.4 Å². The lowest BCUT2D eigenvalue weighted by molar-refractivity contribution is 0.0633. The molecule has 1 aliphatic heterocycles. The smallest absolute Gasteiger partial charge is 0.253 e. The highest BCUT2D eigenvalue weighted by Crippen LogP contribution is 2.13. The molecule has 0 saturated carbocycles. The second-order valence-corrected chi connectivity index (χ2v) is 6.36. The third kappa shape index (κ3) is 3.75. The van der Waals surface area contributed by atoms with Crippen LogP contribution in [0.3, 0.4) is 0 Å². The maximum Gasteiger partial charge on any atom is 0.253 e. The molecule has 1 fully saturated rings. The van der Waals surface area contributed by atoms with Gasteiger partial charge in [-0.25, -0.2) is 4.98 Å². The Morgan fingerprint density at radius 1 is 1.09 bits per heavy atom. The van der Waals surface area contributed by atoms with Gasteiger partial charge in [-0.1, -0.05) is 15.9 Å². The quantitative estimate of drug-likeness (QED) is 0.836. The Kier molecular flexibility index (Phi) is 4.90. The molecule has 6 heteroatoms. The van der Waals surface area contributed by atoms with E-state index in [1.54, 1.807) is 6.20 Å². The zero-order valence-corrected chi connectivity index (χ0v) is 13.9. The van der Waals surface area contributed by atoms with Crippen molar-refractivity contribution in [1.82, 2.24) is 19.4 Å². The van der Waals surface area contributed by atoms with Gasteiger partial charge in [0.15, 0.2) is 0 Å². The number of hydrogen-bond acceptors (Lipinski definition) is 3. The first-order chi connectivity index (χ1) is 10.7. The predicted molar refractivity (Wildman–Crippen MR) is 88.7 cm³/mol. The largest absolute Gasteiger partial charge is 0.336 e. The summed E-state index contributed by atoms with van der Waals surface area (Å²) in [5.74, 6) is 0.127. The van der Waals surface area contributed by atoms with Crippen molar-refractivity contribution in [3.05, 3.63) is 53.0 Å². The average molecular weight is 363 g/mol. The van der Waals surface area contributed by atoms with Crippen LogP contribution < -0.4 is 0 Å². The molecule has 1 aromatic carbocycles. The monoisotopic (exact) mass is 362 g/mol. The zero-order valence-electron chi connectivity index (χ0n) is 12.4. The molecule has 5 nitrogen and oxygen atoms in total. The number of halogens is 1. The van der Waals surface area contributed by atoms with Gasteiger partial charge in [0, 0.05) is 61.7 Å². The number of carbonyl (C=O) groups is 1. The number of hydrogen-bond donors (Lipinski definition) is 0. The average Bonchev–Trinajstić information content (AvgIpc) is 3.07. The SMILES string of the molecule is O=C(c1ccc(Br)cc1)N1CCN(CCn2ccnc2)CC1. The van der Waals surface area contributed by atoms with E-state index in [4.69, 9.17) is 0 Å². The van der Waals surface area contributed by atoms with Crippen molar-refractivity contribution in [2.75, 3.05) is 32.7 Å². The van der Waals surface area contributed by atoms with Crippen molar-refractivity contribution in [1.29, 1.82) is 0 Å². The van der Waals surface area contributed by atoms with Crippen LogP contribution in [-0.2, 0) is 6.54 Å². The van der Waals surface area contributed by atoms with E-state index in [1.165, 1.54) is 0 Å². The molecular formula is C16H19BrN4O. The molecule has 2 heterocycles. The number of piperazine rings is 1. The molecule has 2 aromatic rings. The summed E-state index contributed by atoms with van der Waals surface area (Å²) in [5, 5.41) is 0. The fourth-order valence-corrected chi connectivity index (χ4v) is 2.89. The molecule has 22 heavy (non-hydrogen) atoms. The van der Waals surface area contributed by atoms with Gasteiger partial charge in [0.25, 0.3) is 5.91 Å². The van der Waals surface area contributed by atoms with E-state index in [0.717, 1.165) is 49.3 Å². The Morgan fingerprint density at radius 2 is 1.82 bits per heavy atom. The fraction of sp³-hybridized carbons (Fsp3) is 0.375. The molecule has 0 aliphatic carbocycles. The van der Waals surface area contributed by atoms with E-state index in [0.29, 0.717) is 0 Å². The standard InChI is InChI=1S/C16H19BrN4O/c17-15-3-1-14(2-4-15)16(22)21-11-9-19(10-12-21)7-8-20-6-5-18-13-20/h1-6,13H,7-12H2. The molecule has 0 spiro atoms. The van der Waals surface area contributed by atoms with Crippen LogP contribution in [0.4, 0.5) is 0 Å². The lowest BCUT2D eigenvalue weighted by Gasteiger charge is -2.34. The second-order valence-electron chi connectivity index (χ2n) is 5.44. The molecule has 0 N–H and O–H groups in total. The van der Waals surface area contributed by atoms with Crippen LogP contribution in [0.5, 0.6) is 0 Å². The Morgan fingerprint density at radius 3 is 2.45 bits per heavy atom. The molecule has 1 amide bonds. The number of aromatic nitrogens is 2. The van der Waals surface area contributed by atoms with Crippen molar-refractivity contribution < 1.29 is 4.79 Å². The van der Waals surface area contributed by atoms with Gasteiger partial charge in [-0.05, 0) is 24.3 Å². The summed E-state index contributed by atoms with van der Waals surface area (Å²) in [6.07, 6.45) is 5.62. The number of carbonyl (C=O) groups excluding carboxylic acids is 1. The summed E-state index contributed by atoms with van der Waals surface area (Å²) in [5.41, 5.74) is 0.759. The molecule has 1 saturated heterocycles. The van der Waals surface area contributed by atoms with Gasteiger partial charge in [-0.2, -0.15) is 0 Å². The number of imidazole rings is 1. The summed E-state index contributed by atoms with van der Waals surface area (Å²) in [7, 11) is 0. The third-order valence-electron chi connectivity index (χ3n) is 3.98. The van der Waals surface area contributed by atoms with Crippen LogP contribution >= 0.6 is 15.9 Å². The number of nitrogens with zero attached hydrogens (tertiary/aromatic N) is 4. The van der Waals surface area contributed by atoms with E-state index in [2.05, 4.69) is 30.4 Å². The van der Waals surface area contributed by atoms with E-state index in [-0.39, 0.29) is 5.91 Å². The summed E-state index contributed by atoms with van der Waals surface area (Å²) in [4.78, 5) is 20.8. The molecule has 0 atom stereocenters.